The molecule has 0 fully saturated rings. The molecule has 4 rings (SSSR count). The standard InChI is InChI=1S/C24H26N6/c1-17(18-7-9-26-23(13-18)27-10-11-30(2)3)29-24-14-22-12-19(21-6-8-25-15-21)4-5-20(22)16-28-24/h4-5,7-9,12-16H,1,6,10-11H2,2-3H3,(H,26,27)(H,28,29). The van der Waals surface area contributed by atoms with E-state index in [-0.39, 0.29) is 0 Å². The second-order valence-electron chi connectivity index (χ2n) is 7.58. The van der Waals surface area contributed by atoms with Gasteiger partial charge in [0.25, 0.3) is 0 Å². The Bertz CT molecular complexity index is 1130. The van der Waals surface area contributed by atoms with Crippen LogP contribution in [0.1, 0.15) is 17.5 Å². The molecular formula is C24H26N6. The zero-order chi connectivity index (χ0) is 20.9. The highest BCUT2D eigenvalue weighted by atomic mass is 15.1. The summed E-state index contributed by atoms with van der Waals surface area (Å²) in [5, 5.41) is 8.91. The second kappa shape index (κ2) is 8.88. The van der Waals surface area contributed by atoms with Crippen LogP contribution < -0.4 is 10.6 Å². The highest BCUT2D eigenvalue weighted by Crippen LogP contribution is 2.27. The van der Waals surface area contributed by atoms with E-state index in [2.05, 4.69) is 75.4 Å². The Morgan fingerprint density at radius 2 is 1.97 bits per heavy atom. The van der Waals surface area contributed by atoms with Crippen LogP contribution in [0.4, 0.5) is 11.6 Å². The smallest absolute Gasteiger partial charge is 0.130 e. The first-order valence-corrected chi connectivity index (χ1v) is 10.0. The van der Waals surface area contributed by atoms with Crippen LogP contribution >= 0.6 is 0 Å². The molecule has 3 heterocycles. The molecule has 1 aliphatic rings. The number of fused-ring (bicyclic) bond motifs is 1. The van der Waals surface area contributed by atoms with E-state index < -0.39 is 0 Å². The molecule has 0 spiro atoms. The van der Waals surface area contributed by atoms with E-state index in [0.29, 0.717) is 0 Å². The Balaban J connectivity index is 1.48. The van der Waals surface area contributed by atoms with Crippen molar-refractivity contribution in [2.24, 2.45) is 4.99 Å². The first-order valence-electron chi connectivity index (χ1n) is 10.0. The summed E-state index contributed by atoms with van der Waals surface area (Å²) in [6, 6.07) is 12.4. The van der Waals surface area contributed by atoms with E-state index >= 15 is 0 Å². The Labute approximate surface area is 177 Å². The molecule has 30 heavy (non-hydrogen) atoms. The van der Waals surface area contributed by atoms with Gasteiger partial charge in [0.1, 0.15) is 11.6 Å². The second-order valence-corrected chi connectivity index (χ2v) is 7.58. The summed E-state index contributed by atoms with van der Waals surface area (Å²) < 4.78 is 0. The zero-order valence-corrected chi connectivity index (χ0v) is 17.4. The fourth-order valence-corrected chi connectivity index (χ4v) is 3.30. The molecule has 0 atom stereocenters. The van der Waals surface area contributed by atoms with E-state index in [1.807, 2.05) is 30.7 Å². The van der Waals surface area contributed by atoms with Gasteiger partial charge in [-0.05, 0) is 54.9 Å². The average molecular weight is 399 g/mol. The van der Waals surface area contributed by atoms with Crippen LogP contribution in [0.3, 0.4) is 0 Å². The minimum Gasteiger partial charge on any atom is -0.369 e. The fourth-order valence-electron chi connectivity index (χ4n) is 3.30. The van der Waals surface area contributed by atoms with Gasteiger partial charge in [0, 0.05) is 61.0 Å². The molecule has 0 amide bonds. The Morgan fingerprint density at radius 1 is 1.07 bits per heavy atom. The number of aromatic nitrogens is 2. The van der Waals surface area contributed by atoms with Gasteiger partial charge in [-0.2, -0.15) is 0 Å². The van der Waals surface area contributed by atoms with E-state index in [1.54, 1.807) is 6.20 Å². The van der Waals surface area contributed by atoms with Crippen molar-refractivity contribution in [1.29, 1.82) is 0 Å². The number of anilines is 2. The maximum Gasteiger partial charge on any atom is 0.130 e. The van der Waals surface area contributed by atoms with Gasteiger partial charge in [0.05, 0.1) is 0 Å². The van der Waals surface area contributed by atoms with Crippen molar-refractivity contribution in [3.8, 4) is 0 Å². The molecule has 0 radical (unpaired) electrons. The third kappa shape index (κ3) is 4.72. The number of nitrogens with one attached hydrogen (secondary N) is 2. The molecule has 2 N–H and O–H groups in total. The molecular weight excluding hydrogens is 372 g/mol. The van der Waals surface area contributed by atoms with Crippen LogP contribution in [0, 0.1) is 0 Å². The Kier molecular flexibility index (Phi) is 5.86. The summed E-state index contributed by atoms with van der Waals surface area (Å²) in [6.45, 7) is 5.96. The summed E-state index contributed by atoms with van der Waals surface area (Å²) in [4.78, 5) is 15.3. The normalized spacial score (nSPS) is 13.0. The number of benzene rings is 1. The minimum absolute atomic E-state index is 0.764. The molecule has 152 valence electrons. The third-order valence-corrected chi connectivity index (χ3v) is 4.99. The van der Waals surface area contributed by atoms with Crippen molar-refractivity contribution in [2.45, 2.75) is 6.42 Å². The molecule has 0 bridgehead atoms. The zero-order valence-electron chi connectivity index (χ0n) is 17.4. The molecule has 1 aromatic carbocycles. The summed E-state index contributed by atoms with van der Waals surface area (Å²) in [6.07, 6.45) is 8.41. The molecule has 0 saturated heterocycles. The van der Waals surface area contributed by atoms with Crippen LogP contribution in [0.5, 0.6) is 0 Å². The average Bonchev–Trinajstić information content (AvgIpc) is 3.28. The Morgan fingerprint density at radius 3 is 2.77 bits per heavy atom. The van der Waals surface area contributed by atoms with Crippen LogP contribution in [0.25, 0.3) is 22.0 Å². The van der Waals surface area contributed by atoms with E-state index in [1.165, 1.54) is 11.1 Å². The molecule has 0 aliphatic carbocycles. The minimum atomic E-state index is 0.764. The first kappa shape index (κ1) is 19.8. The summed E-state index contributed by atoms with van der Waals surface area (Å²) >= 11 is 0. The molecule has 2 aromatic heterocycles. The topological polar surface area (TPSA) is 65.4 Å². The predicted octanol–water partition coefficient (Wildman–Crippen LogP) is 4.50. The van der Waals surface area contributed by atoms with Crippen LogP contribution in [0.2, 0.25) is 0 Å². The number of aliphatic imine (C=N–C) groups is 1. The molecule has 0 saturated carbocycles. The van der Waals surface area contributed by atoms with Crippen molar-refractivity contribution < 1.29 is 0 Å². The van der Waals surface area contributed by atoms with E-state index in [0.717, 1.165) is 53.2 Å². The number of pyridine rings is 2. The largest absolute Gasteiger partial charge is 0.369 e. The maximum atomic E-state index is 4.54. The molecule has 6 heteroatoms. The number of hydrogen-bond acceptors (Lipinski definition) is 6. The van der Waals surface area contributed by atoms with Crippen LogP contribution in [-0.4, -0.2) is 48.3 Å². The lowest BCUT2D eigenvalue weighted by Gasteiger charge is -2.13. The van der Waals surface area contributed by atoms with Gasteiger partial charge < -0.3 is 15.5 Å². The number of nitrogens with zero attached hydrogens (tertiary/aromatic N) is 4. The van der Waals surface area contributed by atoms with Gasteiger partial charge in [-0.1, -0.05) is 18.7 Å². The lowest BCUT2D eigenvalue weighted by atomic mass is 10.0. The lowest BCUT2D eigenvalue weighted by molar-refractivity contribution is 0.425. The van der Waals surface area contributed by atoms with Gasteiger partial charge in [-0.15, -0.1) is 0 Å². The number of allylic oxidation sites excluding steroid dienone is 1. The lowest BCUT2D eigenvalue weighted by Crippen LogP contribution is -2.21. The van der Waals surface area contributed by atoms with E-state index in [9.17, 15) is 0 Å². The van der Waals surface area contributed by atoms with E-state index in [4.69, 9.17) is 0 Å². The van der Waals surface area contributed by atoms with Gasteiger partial charge in [0.2, 0.25) is 0 Å². The summed E-state index contributed by atoms with van der Waals surface area (Å²) in [5.41, 5.74) is 4.18. The van der Waals surface area contributed by atoms with Crippen molar-refractivity contribution in [2.75, 3.05) is 37.8 Å². The van der Waals surface area contributed by atoms with Gasteiger partial charge >= 0.3 is 0 Å². The predicted molar refractivity (Wildman–Crippen MR) is 127 cm³/mol. The Hall–Kier alpha value is -3.51. The number of hydrogen-bond donors (Lipinski definition) is 2. The summed E-state index contributed by atoms with van der Waals surface area (Å²) in [7, 11) is 4.10. The SMILES string of the molecule is C=C(Nc1cc2cc(C3=CN=CC3)ccc2cn1)c1ccnc(NCCN(C)C)c1. The first-order chi connectivity index (χ1) is 14.6. The molecule has 0 unspecified atom stereocenters. The highest BCUT2D eigenvalue weighted by Gasteiger charge is 2.07. The van der Waals surface area contributed by atoms with Crippen molar-refractivity contribution in [1.82, 2.24) is 14.9 Å². The molecule has 3 aromatic rings. The van der Waals surface area contributed by atoms with Crippen molar-refractivity contribution in [3.63, 3.8) is 0 Å². The van der Waals surface area contributed by atoms with Gasteiger partial charge in [0.15, 0.2) is 0 Å². The monoisotopic (exact) mass is 398 g/mol. The van der Waals surface area contributed by atoms with Crippen molar-refractivity contribution >= 4 is 39.9 Å². The number of rotatable bonds is 8. The highest BCUT2D eigenvalue weighted by molar-refractivity contribution is 5.91. The maximum absolute atomic E-state index is 4.54. The summed E-state index contributed by atoms with van der Waals surface area (Å²) in [5.74, 6) is 1.60. The quantitative estimate of drug-likeness (QED) is 0.585. The van der Waals surface area contributed by atoms with Gasteiger partial charge in [-0.3, -0.25) is 4.99 Å². The fraction of sp³-hybridized carbons (Fsp3) is 0.208. The van der Waals surface area contributed by atoms with Crippen LogP contribution in [0.15, 0.2) is 66.6 Å². The number of likely N-dealkylation sites (N-methyl/N-ethyl adjacent to an activating group) is 1. The van der Waals surface area contributed by atoms with Crippen LogP contribution in [-0.2, 0) is 0 Å². The van der Waals surface area contributed by atoms with Crippen molar-refractivity contribution in [3.05, 3.63) is 72.7 Å². The third-order valence-electron chi connectivity index (χ3n) is 4.99. The molecule has 1 aliphatic heterocycles. The van der Waals surface area contributed by atoms with Gasteiger partial charge in [-0.25, -0.2) is 9.97 Å². The molecule has 6 nitrogen and oxygen atoms in total.